The molecule has 2 aromatic carbocycles. The monoisotopic (exact) mass is 454 g/mol. The van der Waals surface area contributed by atoms with Crippen LogP contribution in [-0.2, 0) is 33.0 Å². The second-order valence-corrected chi connectivity index (χ2v) is 10.3. The third-order valence-corrected chi connectivity index (χ3v) is 7.87. The Labute approximate surface area is 189 Å². The van der Waals surface area contributed by atoms with Crippen molar-refractivity contribution >= 4 is 26.9 Å². The summed E-state index contributed by atoms with van der Waals surface area (Å²) >= 11 is 0. The molecule has 1 saturated carbocycles. The molecule has 0 atom stereocenters. The molecule has 7 heteroatoms. The van der Waals surface area contributed by atoms with Gasteiger partial charge >= 0.3 is 5.97 Å². The fourth-order valence-corrected chi connectivity index (χ4v) is 5.78. The molecular weight excluding hydrogens is 424 g/mol. The van der Waals surface area contributed by atoms with Crippen LogP contribution in [0.25, 0.3) is 22.2 Å². The van der Waals surface area contributed by atoms with E-state index in [1.54, 1.807) is 12.1 Å². The highest BCUT2D eigenvalue weighted by atomic mass is 32.2. The van der Waals surface area contributed by atoms with Crippen molar-refractivity contribution in [3.63, 3.8) is 0 Å². The van der Waals surface area contributed by atoms with E-state index in [0.29, 0.717) is 17.7 Å². The average Bonchev–Trinajstić information content (AvgIpc) is 3.14. The summed E-state index contributed by atoms with van der Waals surface area (Å²) in [4.78, 5) is 11.7. The van der Waals surface area contributed by atoms with E-state index in [4.69, 9.17) is 4.74 Å². The molecule has 6 nitrogen and oxygen atoms in total. The van der Waals surface area contributed by atoms with Gasteiger partial charge in [-0.25, -0.2) is 13.1 Å². The number of hydrogen-bond donors (Lipinski definition) is 1. The largest absolute Gasteiger partial charge is 0.469 e. The van der Waals surface area contributed by atoms with Crippen molar-refractivity contribution in [2.24, 2.45) is 7.05 Å². The van der Waals surface area contributed by atoms with Gasteiger partial charge in [-0.1, -0.05) is 49.6 Å². The number of rotatable bonds is 7. The highest BCUT2D eigenvalue weighted by Crippen LogP contribution is 2.30. The summed E-state index contributed by atoms with van der Waals surface area (Å²) in [6.45, 7) is 0. The molecule has 1 fully saturated rings. The molecule has 0 aliphatic heterocycles. The van der Waals surface area contributed by atoms with Gasteiger partial charge in [-0.05, 0) is 48.6 Å². The van der Waals surface area contributed by atoms with E-state index in [0.717, 1.165) is 53.4 Å². The summed E-state index contributed by atoms with van der Waals surface area (Å²) in [5.74, 6) is -0.216. The first-order chi connectivity index (χ1) is 15.4. The fourth-order valence-electron chi connectivity index (χ4n) is 4.45. The fraction of sp³-hybridized carbons (Fsp3) is 0.400. The lowest BCUT2D eigenvalue weighted by Crippen LogP contribution is -2.36. The van der Waals surface area contributed by atoms with Crippen molar-refractivity contribution in [1.29, 1.82) is 0 Å². The standard InChI is InChI=1S/C25H30N2O4S/c1-27-23(19-11-8-18(9-12-19)10-15-25(28)31-2)16-20-13-14-22(17-24(20)27)32(29,30)26-21-6-4-3-5-7-21/h8-9,11-14,16-17,21,26H,3-7,10,15H2,1-2H3. The predicted octanol–water partition coefficient (Wildman–Crippen LogP) is 4.56. The van der Waals surface area contributed by atoms with Crippen LogP contribution in [0.5, 0.6) is 0 Å². The molecule has 1 aromatic heterocycles. The van der Waals surface area contributed by atoms with Crippen molar-refractivity contribution in [1.82, 2.24) is 9.29 Å². The number of carbonyl (C=O) groups is 1. The Morgan fingerprint density at radius 2 is 1.78 bits per heavy atom. The first-order valence-electron chi connectivity index (χ1n) is 11.2. The Morgan fingerprint density at radius 3 is 2.47 bits per heavy atom. The van der Waals surface area contributed by atoms with Crippen LogP contribution in [0.4, 0.5) is 0 Å². The highest BCUT2D eigenvalue weighted by Gasteiger charge is 2.22. The van der Waals surface area contributed by atoms with Gasteiger partial charge < -0.3 is 9.30 Å². The molecule has 32 heavy (non-hydrogen) atoms. The lowest BCUT2D eigenvalue weighted by atomic mass is 9.96. The van der Waals surface area contributed by atoms with E-state index in [1.807, 2.05) is 41.9 Å². The summed E-state index contributed by atoms with van der Waals surface area (Å²) in [5, 5.41) is 0.994. The summed E-state index contributed by atoms with van der Waals surface area (Å²) in [5.41, 5.74) is 3.99. The zero-order valence-electron chi connectivity index (χ0n) is 18.6. The number of aromatic nitrogens is 1. The van der Waals surface area contributed by atoms with Gasteiger partial charge in [0.05, 0.1) is 12.0 Å². The molecule has 0 unspecified atom stereocenters. The Bertz CT molecular complexity index is 1210. The molecule has 4 rings (SSSR count). The van der Waals surface area contributed by atoms with Gasteiger partial charge in [0.1, 0.15) is 0 Å². The SMILES string of the molecule is COC(=O)CCc1ccc(-c2cc3ccc(S(=O)(=O)NC4CCCCC4)cc3n2C)cc1. The molecule has 0 amide bonds. The van der Waals surface area contributed by atoms with Gasteiger partial charge in [-0.3, -0.25) is 4.79 Å². The number of carbonyl (C=O) groups excluding carboxylic acids is 1. The zero-order valence-corrected chi connectivity index (χ0v) is 19.5. The summed E-state index contributed by atoms with van der Waals surface area (Å²) in [6.07, 6.45) is 6.15. The van der Waals surface area contributed by atoms with E-state index in [9.17, 15) is 13.2 Å². The van der Waals surface area contributed by atoms with Gasteiger partial charge in [0.15, 0.2) is 0 Å². The van der Waals surface area contributed by atoms with Crippen LogP contribution in [0.1, 0.15) is 44.1 Å². The Hall–Kier alpha value is -2.64. The normalized spacial score (nSPS) is 15.2. The van der Waals surface area contributed by atoms with Crippen molar-refractivity contribution in [2.75, 3.05) is 7.11 Å². The number of sulfonamides is 1. The maximum atomic E-state index is 12.9. The van der Waals surface area contributed by atoms with E-state index in [1.165, 1.54) is 13.5 Å². The summed E-state index contributed by atoms with van der Waals surface area (Å²) in [6, 6.07) is 15.5. The molecule has 1 aliphatic rings. The van der Waals surface area contributed by atoms with Crippen molar-refractivity contribution < 1.29 is 17.9 Å². The third kappa shape index (κ3) is 4.89. The number of nitrogens with zero attached hydrogens (tertiary/aromatic N) is 1. The second-order valence-electron chi connectivity index (χ2n) is 8.54. The topological polar surface area (TPSA) is 77.4 Å². The van der Waals surface area contributed by atoms with Crippen LogP contribution < -0.4 is 4.72 Å². The first-order valence-corrected chi connectivity index (χ1v) is 12.6. The maximum absolute atomic E-state index is 12.9. The Kier molecular flexibility index (Phi) is 6.67. The third-order valence-electron chi connectivity index (χ3n) is 6.35. The molecule has 0 saturated heterocycles. The average molecular weight is 455 g/mol. The number of nitrogens with one attached hydrogen (secondary N) is 1. The van der Waals surface area contributed by atoms with Crippen LogP contribution in [0, 0.1) is 0 Å². The molecule has 0 bridgehead atoms. The number of aryl methyl sites for hydroxylation is 2. The number of methoxy groups -OCH3 is 1. The van der Waals surface area contributed by atoms with Gasteiger partial charge in [-0.2, -0.15) is 0 Å². The van der Waals surface area contributed by atoms with Gasteiger partial charge in [0.25, 0.3) is 0 Å². The first kappa shape index (κ1) is 22.6. The van der Waals surface area contributed by atoms with E-state index < -0.39 is 10.0 Å². The molecule has 170 valence electrons. The highest BCUT2D eigenvalue weighted by molar-refractivity contribution is 7.89. The Balaban J connectivity index is 1.57. The van der Waals surface area contributed by atoms with E-state index in [2.05, 4.69) is 10.8 Å². The van der Waals surface area contributed by atoms with Crippen LogP contribution in [-0.4, -0.2) is 32.1 Å². The van der Waals surface area contributed by atoms with Gasteiger partial charge in [0.2, 0.25) is 10.0 Å². The Morgan fingerprint density at radius 1 is 1.06 bits per heavy atom. The molecule has 3 aromatic rings. The maximum Gasteiger partial charge on any atom is 0.305 e. The minimum absolute atomic E-state index is 0.0334. The second kappa shape index (κ2) is 9.46. The van der Waals surface area contributed by atoms with Crippen LogP contribution in [0.3, 0.4) is 0 Å². The lowest BCUT2D eigenvalue weighted by Gasteiger charge is -2.22. The number of esters is 1. The zero-order chi connectivity index (χ0) is 22.7. The van der Waals surface area contributed by atoms with Crippen LogP contribution in [0.15, 0.2) is 53.4 Å². The van der Waals surface area contributed by atoms with Gasteiger partial charge in [0, 0.05) is 36.1 Å². The quantitative estimate of drug-likeness (QED) is 0.531. The smallest absolute Gasteiger partial charge is 0.305 e. The number of ether oxygens (including phenoxy) is 1. The predicted molar refractivity (Wildman–Crippen MR) is 126 cm³/mol. The lowest BCUT2D eigenvalue weighted by molar-refractivity contribution is -0.140. The summed E-state index contributed by atoms with van der Waals surface area (Å²) < 4.78 is 35.5. The minimum atomic E-state index is -3.55. The molecule has 0 spiro atoms. The number of benzene rings is 2. The van der Waals surface area contributed by atoms with E-state index >= 15 is 0 Å². The summed E-state index contributed by atoms with van der Waals surface area (Å²) in [7, 11) is -0.197. The van der Waals surface area contributed by atoms with Crippen LogP contribution >= 0.6 is 0 Å². The van der Waals surface area contributed by atoms with Crippen molar-refractivity contribution in [2.45, 2.75) is 55.9 Å². The molecule has 0 radical (unpaired) electrons. The van der Waals surface area contributed by atoms with Crippen LogP contribution in [0.2, 0.25) is 0 Å². The van der Waals surface area contributed by atoms with Crippen molar-refractivity contribution in [3.8, 4) is 11.3 Å². The van der Waals surface area contributed by atoms with Gasteiger partial charge in [-0.15, -0.1) is 0 Å². The molecular formula is C25H30N2O4S. The number of hydrogen-bond acceptors (Lipinski definition) is 4. The molecule has 1 N–H and O–H groups in total. The van der Waals surface area contributed by atoms with E-state index in [-0.39, 0.29) is 12.0 Å². The molecule has 1 aliphatic carbocycles. The number of fused-ring (bicyclic) bond motifs is 1. The molecule has 1 heterocycles. The van der Waals surface area contributed by atoms with Crippen molar-refractivity contribution in [3.05, 3.63) is 54.1 Å². The minimum Gasteiger partial charge on any atom is -0.469 e.